The van der Waals surface area contributed by atoms with Gasteiger partial charge in [0.25, 0.3) is 0 Å². The summed E-state index contributed by atoms with van der Waals surface area (Å²) in [6.07, 6.45) is -2.29. The van der Waals surface area contributed by atoms with Gasteiger partial charge in [-0.15, -0.1) is 0 Å². The number of carbonyl (C=O) groups excluding carboxylic acids is 3. The SMILES string of the molecule is CCCC(=O)OC(C)[C@H]1OC(=O)C=C2[C@]3(C)[C@H]4[C@H](OC(=O)[C@@]4(C)[C@@H](O)[C@@H]4O[C@@H]43)[C@H]3O[C@]213. The Morgan fingerprint density at radius 3 is 2.65 bits per heavy atom. The van der Waals surface area contributed by atoms with Crippen molar-refractivity contribution in [1.82, 2.24) is 0 Å². The third kappa shape index (κ3) is 2.06. The molecule has 31 heavy (non-hydrogen) atoms. The lowest BCUT2D eigenvalue weighted by atomic mass is 9.46. The molecule has 0 amide bonds. The van der Waals surface area contributed by atoms with E-state index >= 15 is 0 Å². The summed E-state index contributed by atoms with van der Waals surface area (Å²) in [6, 6.07) is 0. The van der Waals surface area contributed by atoms with Gasteiger partial charge in [0.05, 0.1) is 12.2 Å². The number of esters is 3. The van der Waals surface area contributed by atoms with Crippen LogP contribution in [0.4, 0.5) is 0 Å². The molecule has 0 bridgehead atoms. The summed E-state index contributed by atoms with van der Waals surface area (Å²) in [4.78, 5) is 37.7. The minimum absolute atomic E-state index is 0.263. The number of ether oxygens (including phenoxy) is 5. The van der Waals surface area contributed by atoms with Crippen LogP contribution in [0, 0.1) is 16.7 Å². The molecule has 5 fully saturated rings. The second-order valence-electron chi connectivity index (χ2n) is 10.1. The molecule has 1 N–H and O–H groups in total. The standard InChI is InChI=1S/C22H26O9/c1-5-6-10(23)27-8(2)16-22-9(7-11(24)28-16)20(3)14-12(18(22)31-22)30-19(26)21(14,4)15(25)13-17(20)29-13/h7-8,12-18,25H,5-6H2,1-4H3/t8?,12-,13-,14+,15-,16+,17-,18+,20+,21+,22+/m0/s1. The smallest absolute Gasteiger partial charge is 0.331 e. The van der Waals surface area contributed by atoms with Crippen LogP contribution < -0.4 is 0 Å². The summed E-state index contributed by atoms with van der Waals surface area (Å²) in [7, 11) is 0. The van der Waals surface area contributed by atoms with E-state index in [1.165, 1.54) is 6.08 Å². The number of epoxide rings is 2. The van der Waals surface area contributed by atoms with Crippen LogP contribution in [0.15, 0.2) is 11.6 Å². The van der Waals surface area contributed by atoms with E-state index in [1.54, 1.807) is 13.8 Å². The van der Waals surface area contributed by atoms with Crippen molar-refractivity contribution < 1.29 is 43.2 Å². The minimum atomic E-state index is -1.16. The van der Waals surface area contributed by atoms with Gasteiger partial charge in [-0.1, -0.05) is 13.8 Å². The van der Waals surface area contributed by atoms with Crippen molar-refractivity contribution in [1.29, 1.82) is 0 Å². The van der Waals surface area contributed by atoms with Gasteiger partial charge in [-0.25, -0.2) is 4.79 Å². The van der Waals surface area contributed by atoms with Crippen molar-refractivity contribution in [2.45, 2.75) is 88.9 Å². The van der Waals surface area contributed by atoms with Crippen LogP contribution in [0.5, 0.6) is 0 Å². The topological polar surface area (TPSA) is 124 Å². The number of aliphatic hydroxyl groups excluding tert-OH is 1. The molecule has 6 aliphatic rings. The van der Waals surface area contributed by atoms with Crippen molar-refractivity contribution in [3.05, 3.63) is 11.6 Å². The fourth-order valence-electron chi connectivity index (χ4n) is 7.09. The van der Waals surface area contributed by atoms with Crippen LogP contribution in [0.3, 0.4) is 0 Å². The Morgan fingerprint density at radius 1 is 1.19 bits per heavy atom. The Hall–Kier alpha value is -1.97. The van der Waals surface area contributed by atoms with E-state index in [-0.39, 0.29) is 18.5 Å². The molecule has 1 unspecified atom stereocenters. The van der Waals surface area contributed by atoms with Crippen LogP contribution in [0.2, 0.25) is 0 Å². The summed E-state index contributed by atoms with van der Waals surface area (Å²) < 4.78 is 29.1. The van der Waals surface area contributed by atoms with Crippen LogP contribution >= 0.6 is 0 Å². The third-order valence-corrected chi connectivity index (χ3v) is 8.46. The molecular formula is C22H26O9. The predicted molar refractivity (Wildman–Crippen MR) is 100 cm³/mol. The van der Waals surface area contributed by atoms with Crippen molar-refractivity contribution in [3.8, 4) is 0 Å². The van der Waals surface area contributed by atoms with E-state index in [1.807, 2.05) is 13.8 Å². The van der Waals surface area contributed by atoms with Crippen molar-refractivity contribution in [2.24, 2.45) is 16.7 Å². The highest BCUT2D eigenvalue weighted by atomic mass is 16.7. The summed E-state index contributed by atoms with van der Waals surface area (Å²) in [5, 5.41) is 10.9. The number of aliphatic hydroxyl groups is 1. The summed E-state index contributed by atoms with van der Waals surface area (Å²) in [5.41, 5.74) is -2.28. The van der Waals surface area contributed by atoms with Crippen LogP contribution in [-0.2, 0) is 38.1 Å². The average Bonchev–Trinajstić information content (AvgIpc) is 3.60. The highest BCUT2D eigenvalue weighted by Gasteiger charge is 2.89. The molecule has 0 radical (unpaired) electrons. The maximum atomic E-state index is 13.0. The molecule has 2 saturated carbocycles. The van der Waals surface area contributed by atoms with Gasteiger partial charge in [0.1, 0.15) is 29.8 Å². The molecular weight excluding hydrogens is 408 g/mol. The van der Waals surface area contributed by atoms with Gasteiger partial charge in [0.15, 0.2) is 11.7 Å². The Morgan fingerprint density at radius 2 is 1.94 bits per heavy atom. The molecule has 1 spiro atoms. The number of rotatable bonds is 4. The molecule has 9 heteroatoms. The molecule has 0 aromatic heterocycles. The Labute approximate surface area is 179 Å². The van der Waals surface area contributed by atoms with Crippen molar-refractivity contribution in [2.75, 3.05) is 0 Å². The fourth-order valence-corrected chi connectivity index (χ4v) is 7.09. The van der Waals surface area contributed by atoms with Gasteiger partial charge in [0, 0.05) is 23.8 Å². The zero-order valence-corrected chi connectivity index (χ0v) is 17.8. The zero-order chi connectivity index (χ0) is 22.1. The highest BCUT2D eigenvalue weighted by Crippen LogP contribution is 2.75. The van der Waals surface area contributed by atoms with Gasteiger partial charge >= 0.3 is 17.9 Å². The first-order valence-electron chi connectivity index (χ1n) is 11.0. The molecule has 11 atom stereocenters. The van der Waals surface area contributed by atoms with E-state index in [9.17, 15) is 19.5 Å². The summed E-state index contributed by atoms with van der Waals surface area (Å²) in [5.74, 6) is -1.82. The average molecular weight is 434 g/mol. The first-order valence-corrected chi connectivity index (χ1v) is 11.0. The molecule has 0 aromatic carbocycles. The number of fused-ring (bicyclic) bond motifs is 4. The van der Waals surface area contributed by atoms with Gasteiger partial charge in [-0.05, 0) is 25.8 Å². The van der Waals surface area contributed by atoms with E-state index in [0.717, 1.165) is 0 Å². The summed E-state index contributed by atoms with van der Waals surface area (Å²) >= 11 is 0. The lowest BCUT2D eigenvalue weighted by molar-refractivity contribution is -0.172. The van der Waals surface area contributed by atoms with E-state index in [2.05, 4.69) is 0 Å². The molecule has 168 valence electrons. The number of hydrogen-bond acceptors (Lipinski definition) is 9. The lowest BCUT2D eigenvalue weighted by Crippen LogP contribution is -2.66. The summed E-state index contributed by atoms with van der Waals surface area (Å²) in [6.45, 7) is 7.23. The van der Waals surface area contributed by atoms with Crippen LogP contribution in [-0.4, -0.2) is 71.3 Å². The zero-order valence-electron chi connectivity index (χ0n) is 17.8. The van der Waals surface area contributed by atoms with Gasteiger partial charge in [-0.3, -0.25) is 9.59 Å². The third-order valence-electron chi connectivity index (χ3n) is 8.46. The van der Waals surface area contributed by atoms with E-state index < -0.39 is 70.9 Å². The molecule has 2 aliphatic carbocycles. The molecule has 4 aliphatic heterocycles. The number of carbonyl (C=O) groups is 3. The monoisotopic (exact) mass is 434 g/mol. The molecule has 6 rings (SSSR count). The normalized spacial score (nSPS) is 53.6. The first-order chi connectivity index (χ1) is 14.6. The van der Waals surface area contributed by atoms with Crippen LogP contribution in [0.25, 0.3) is 0 Å². The largest absolute Gasteiger partial charge is 0.459 e. The maximum Gasteiger partial charge on any atom is 0.331 e. The Kier molecular flexibility index (Phi) is 3.61. The van der Waals surface area contributed by atoms with Crippen molar-refractivity contribution >= 4 is 17.9 Å². The lowest BCUT2D eigenvalue weighted by Gasteiger charge is -2.53. The predicted octanol–water partition coefficient (Wildman–Crippen LogP) is 0.417. The maximum absolute atomic E-state index is 13.0. The fraction of sp³-hybridized carbons (Fsp3) is 0.773. The second kappa shape index (κ2) is 5.68. The number of hydrogen-bond donors (Lipinski definition) is 1. The second-order valence-corrected chi connectivity index (χ2v) is 10.1. The van der Waals surface area contributed by atoms with E-state index in [0.29, 0.717) is 12.0 Å². The first kappa shape index (κ1) is 19.7. The van der Waals surface area contributed by atoms with Crippen LogP contribution in [0.1, 0.15) is 40.5 Å². The quantitative estimate of drug-likeness (QED) is 0.381. The Balaban J connectivity index is 1.45. The van der Waals surface area contributed by atoms with Gasteiger partial charge < -0.3 is 28.8 Å². The van der Waals surface area contributed by atoms with Gasteiger partial charge in [-0.2, -0.15) is 0 Å². The minimum Gasteiger partial charge on any atom is -0.459 e. The molecule has 4 heterocycles. The molecule has 9 nitrogen and oxygen atoms in total. The number of cyclic esters (lactones) is 1. The molecule has 0 aromatic rings. The highest BCUT2D eigenvalue weighted by molar-refractivity contribution is 5.88. The van der Waals surface area contributed by atoms with Crippen molar-refractivity contribution in [3.63, 3.8) is 0 Å². The Bertz CT molecular complexity index is 943. The molecule has 3 saturated heterocycles. The van der Waals surface area contributed by atoms with Gasteiger partial charge in [0.2, 0.25) is 0 Å². The van der Waals surface area contributed by atoms with E-state index in [4.69, 9.17) is 23.7 Å².